The Morgan fingerprint density at radius 1 is 0.750 bits per heavy atom. The Kier molecular flexibility index (Phi) is 4.58. The van der Waals surface area contributed by atoms with Gasteiger partial charge in [-0.3, -0.25) is 0 Å². The van der Waals surface area contributed by atoms with Crippen LogP contribution in [-0.4, -0.2) is 9.55 Å². The highest BCUT2D eigenvalue weighted by Crippen LogP contribution is 2.31. The lowest BCUT2D eigenvalue weighted by molar-refractivity contribution is 0.817. The van der Waals surface area contributed by atoms with Crippen LogP contribution in [0.4, 0.5) is 0 Å². The van der Waals surface area contributed by atoms with E-state index in [2.05, 4.69) is 94.6 Å². The van der Waals surface area contributed by atoms with Crippen LogP contribution < -0.4 is 0 Å². The molecule has 2 heteroatoms. The topological polar surface area (TPSA) is 17.8 Å². The Morgan fingerprint density at radius 3 is 2.11 bits per heavy atom. The van der Waals surface area contributed by atoms with E-state index in [0.29, 0.717) is 0 Å². The molecule has 0 bridgehead atoms. The normalized spacial score (nSPS) is 11.4. The highest BCUT2D eigenvalue weighted by molar-refractivity contribution is 5.81. The average molecular weight is 369 g/mol. The fourth-order valence-electron chi connectivity index (χ4n) is 4.20. The minimum absolute atomic E-state index is 0.837. The standard InChI is InChI=1S/C26H28N2/c1-16-11-12-22(19(4)13-16)26-27-24-9-7-8-10-25(24)28(26)15-23-20(5)17(2)14-18(3)21(23)6/h7-14H,15H2,1-6H3. The van der Waals surface area contributed by atoms with Crippen molar-refractivity contribution in [1.29, 1.82) is 0 Å². The van der Waals surface area contributed by atoms with Gasteiger partial charge in [-0.25, -0.2) is 4.98 Å². The van der Waals surface area contributed by atoms with Crippen LogP contribution in [-0.2, 0) is 6.54 Å². The third-order valence-electron chi connectivity index (χ3n) is 6.11. The Hall–Kier alpha value is -2.87. The number of hydrogen-bond acceptors (Lipinski definition) is 1. The second-order valence-electron chi connectivity index (χ2n) is 8.07. The molecular formula is C26H28N2. The highest BCUT2D eigenvalue weighted by Gasteiger charge is 2.17. The summed E-state index contributed by atoms with van der Waals surface area (Å²) in [5, 5.41) is 0. The molecule has 28 heavy (non-hydrogen) atoms. The minimum atomic E-state index is 0.837. The van der Waals surface area contributed by atoms with Gasteiger partial charge in [-0.2, -0.15) is 0 Å². The molecule has 0 saturated heterocycles. The summed E-state index contributed by atoms with van der Waals surface area (Å²) in [6, 6.07) is 17.4. The van der Waals surface area contributed by atoms with E-state index in [1.807, 2.05) is 0 Å². The molecule has 3 aromatic carbocycles. The molecule has 1 heterocycles. The summed E-state index contributed by atoms with van der Waals surface area (Å²) in [4.78, 5) is 5.04. The van der Waals surface area contributed by atoms with E-state index in [1.54, 1.807) is 0 Å². The number of aromatic nitrogens is 2. The van der Waals surface area contributed by atoms with Crippen LogP contribution in [0.1, 0.15) is 38.9 Å². The molecule has 0 atom stereocenters. The van der Waals surface area contributed by atoms with Crippen LogP contribution in [0.3, 0.4) is 0 Å². The Morgan fingerprint density at radius 2 is 1.43 bits per heavy atom. The lowest BCUT2D eigenvalue weighted by Crippen LogP contribution is -2.08. The molecule has 0 radical (unpaired) electrons. The summed E-state index contributed by atoms with van der Waals surface area (Å²) in [6.45, 7) is 14.1. The molecule has 0 saturated carbocycles. The molecule has 4 rings (SSSR count). The number of imidazole rings is 1. The van der Waals surface area contributed by atoms with Gasteiger partial charge in [-0.05, 0) is 87.1 Å². The second kappa shape index (κ2) is 6.94. The lowest BCUT2D eigenvalue weighted by Gasteiger charge is -2.18. The SMILES string of the molecule is Cc1ccc(-c2nc3ccccc3n2Cc2c(C)c(C)cc(C)c2C)c(C)c1. The van der Waals surface area contributed by atoms with Gasteiger partial charge in [0.1, 0.15) is 5.82 Å². The molecule has 0 aliphatic rings. The Bertz CT molecular complexity index is 1170. The van der Waals surface area contributed by atoms with E-state index < -0.39 is 0 Å². The predicted octanol–water partition coefficient (Wildman–Crippen LogP) is 6.60. The lowest BCUT2D eigenvalue weighted by atomic mass is 9.94. The zero-order valence-electron chi connectivity index (χ0n) is 17.7. The Labute approximate surface area is 167 Å². The molecule has 0 aliphatic heterocycles. The van der Waals surface area contributed by atoms with Gasteiger partial charge in [-0.15, -0.1) is 0 Å². The van der Waals surface area contributed by atoms with Gasteiger partial charge < -0.3 is 4.57 Å². The van der Waals surface area contributed by atoms with Crippen molar-refractivity contribution in [3.05, 3.63) is 87.5 Å². The molecular weight excluding hydrogens is 340 g/mol. The monoisotopic (exact) mass is 368 g/mol. The quantitative estimate of drug-likeness (QED) is 0.398. The second-order valence-corrected chi connectivity index (χ2v) is 8.07. The van der Waals surface area contributed by atoms with Crippen molar-refractivity contribution >= 4 is 11.0 Å². The van der Waals surface area contributed by atoms with Crippen molar-refractivity contribution in [3.63, 3.8) is 0 Å². The van der Waals surface area contributed by atoms with Crippen molar-refractivity contribution < 1.29 is 0 Å². The number of rotatable bonds is 3. The van der Waals surface area contributed by atoms with E-state index in [4.69, 9.17) is 4.98 Å². The molecule has 4 aromatic rings. The van der Waals surface area contributed by atoms with Gasteiger partial charge in [0.05, 0.1) is 17.6 Å². The molecule has 0 fully saturated rings. The van der Waals surface area contributed by atoms with Gasteiger partial charge in [0.25, 0.3) is 0 Å². The summed E-state index contributed by atoms with van der Waals surface area (Å²) in [6.07, 6.45) is 0. The molecule has 0 spiro atoms. The van der Waals surface area contributed by atoms with Crippen LogP contribution in [0.15, 0.2) is 48.5 Å². The molecule has 2 nitrogen and oxygen atoms in total. The summed E-state index contributed by atoms with van der Waals surface area (Å²) in [5.74, 6) is 1.05. The fraction of sp³-hybridized carbons (Fsp3) is 0.269. The van der Waals surface area contributed by atoms with Crippen LogP contribution in [0.25, 0.3) is 22.4 Å². The molecule has 0 amide bonds. The summed E-state index contributed by atoms with van der Waals surface area (Å²) < 4.78 is 2.39. The van der Waals surface area contributed by atoms with Crippen molar-refractivity contribution in [3.8, 4) is 11.4 Å². The van der Waals surface area contributed by atoms with Crippen LogP contribution in [0.2, 0.25) is 0 Å². The number of aryl methyl sites for hydroxylation is 4. The number of fused-ring (bicyclic) bond motifs is 1. The fourth-order valence-corrected chi connectivity index (χ4v) is 4.20. The number of nitrogens with zero attached hydrogens (tertiary/aromatic N) is 2. The first-order valence-corrected chi connectivity index (χ1v) is 9.96. The number of benzene rings is 3. The van der Waals surface area contributed by atoms with Crippen LogP contribution >= 0.6 is 0 Å². The van der Waals surface area contributed by atoms with E-state index in [-0.39, 0.29) is 0 Å². The molecule has 142 valence electrons. The summed E-state index contributed by atoms with van der Waals surface area (Å²) in [5.41, 5.74) is 12.9. The van der Waals surface area contributed by atoms with Crippen LogP contribution in [0.5, 0.6) is 0 Å². The van der Waals surface area contributed by atoms with E-state index in [0.717, 1.165) is 17.9 Å². The first-order chi connectivity index (χ1) is 13.4. The third kappa shape index (κ3) is 3.03. The van der Waals surface area contributed by atoms with Gasteiger partial charge in [0, 0.05) is 5.56 Å². The van der Waals surface area contributed by atoms with Gasteiger partial charge >= 0.3 is 0 Å². The number of para-hydroxylation sites is 2. The van der Waals surface area contributed by atoms with E-state index in [1.165, 1.54) is 50.0 Å². The predicted molar refractivity (Wildman–Crippen MR) is 119 cm³/mol. The molecule has 0 aliphatic carbocycles. The van der Waals surface area contributed by atoms with Gasteiger partial charge in [-0.1, -0.05) is 42.0 Å². The first kappa shape index (κ1) is 18.5. The first-order valence-electron chi connectivity index (χ1n) is 9.96. The maximum absolute atomic E-state index is 5.04. The van der Waals surface area contributed by atoms with Crippen molar-refractivity contribution in [2.75, 3.05) is 0 Å². The van der Waals surface area contributed by atoms with Crippen molar-refractivity contribution in [1.82, 2.24) is 9.55 Å². The molecule has 0 N–H and O–H groups in total. The minimum Gasteiger partial charge on any atom is -0.319 e. The van der Waals surface area contributed by atoms with Gasteiger partial charge in [0.2, 0.25) is 0 Å². The summed E-state index contributed by atoms with van der Waals surface area (Å²) in [7, 11) is 0. The van der Waals surface area contributed by atoms with E-state index >= 15 is 0 Å². The molecule has 1 aromatic heterocycles. The Balaban J connectivity index is 1.97. The highest BCUT2D eigenvalue weighted by atomic mass is 15.1. The maximum Gasteiger partial charge on any atom is 0.141 e. The summed E-state index contributed by atoms with van der Waals surface area (Å²) >= 11 is 0. The largest absolute Gasteiger partial charge is 0.319 e. The number of hydrogen-bond donors (Lipinski definition) is 0. The third-order valence-corrected chi connectivity index (χ3v) is 6.11. The van der Waals surface area contributed by atoms with Crippen molar-refractivity contribution in [2.45, 2.75) is 48.1 Å². The maximum atomic E-state index is 5.04. The van der Waals surface area contributed by atoms with Crippen molar-refractivity contribution in [2.24, 2.45) is 0 Å². The van der Waals surface area contributed by atoms with Gasteiger partial charge in [0.15, 0.2) is 0 Å². The zero-order chi connectivity index (χ0) is 20.0. The molecule has 0 unspecified atom stereocenters. The van der Waals surface area contributed by atoms with Crippen LogP contribution in [0, 0.1) is 41.5 Å². The smallest absolute Gasteiger partial charge is 0.141 e. The zero-order valence-corrected chi connectivity index (χ0v) is 17.7. The van der Waals surface area contributed by atoms with E-state index in [9.17, 15) is 0 Å². The average Bonchev–Trinajstić information content (AvgIpc) is 3.02.